The van der Waals surface area contributed by atoms with Gasteiger partial charge < -0.3 is 5.73 Å². The number of nitrogen functional groups attached to an aromatic ring is 1. The van der Waals surface area contributed by atoms with Crippen LogP contribution in [0.25, 0.3) is 0 Å². The summed E-state index contributed by atoms with van der Waals surface area (Å²) in [6.45, 7) is 3.58. The van der Waals surface area contributed by atoms with Gasteiger partial charge >= 0.3 is 0 Å². The number of carbonyl (C=O) groups is 2. The van der Waals surface area contributed by atoms with Gasteiger partial charge in [-0.2, -0.15) is 0 Å². The highest BCUT2D eigenvalue weighted by molar-refractivity contribution is 6.21. The lowest BCUT2D eigenvalue weighted by Crippen LogP contribution is -2.30. The molecular formula is C12H14N2O2. The normalized spacial score (nSPS) is 20.6. The Kier molecular flexibility index (Phi) is 2.42. The number of anilines is 2. The molecule has 0 spiro atoms. The fourth-order valence-corrected chi connectivity index (χ4v) is 1.92. The molecule has 1 aliphatic rings. The fourth-order valence-electron chi connectivity index (χ4n) is 1.92. The third kappa shape index (κ3) is 1.46. The zero-order valence-electron chi connectivity index (χ0n) is 9.36. The number of rotatable bonds is 1. The molecular weight excluding hydrogens is 204 g/mol. The first-order chi connectivity index (χ1) is 7.52. The maximum absolute atomic E-state index is 11.8. The highest BCUT2D eigenvalue weighted by atomic mass is 16.2. The molecule has 16 heavy (non-hydrogen) atoms. The highest BCUT2D eigenvalue weighted by Crippen LogP contribution is 2.30. The van der Waals surface area contributed by atoms with Crippen LogP contribution in [-0.4, -0.2) is 11.8 Å². The van der Waals surface area contributed by atoms with Crippen LogP contribution in [0.1, 0.15) is 18.9 Å². The van der Waals surface area contributed by atoms with E-state index < -0.39 is 0 Å². The molecule has 1 aromatic carbocycles. The molecule has 4 nitrogen and oxygen atoms in total. The van der Waals surface area contributed by atoms with Crippen LogP contribution < -0.4 is 10.6 Å². The maximum atomic E-state index is 11.8. The van der Waals surface area contributed by atoms with Crippen LogP contribution in [-0.2, 0) is 9.59 Å². The molecule has 0 aliphatic carbocycles. The molecule has 0 saturated carbocycles. The molecule has 1 atom stereocenters. The highest BCUT2D eigenvalue weighted by Gasteiger charge is 2.37. The molecule has 1 aliphatic heterocycles. The van der Waals surface area contributed by atoms with Gasteiger partial charge in [0.25, 0.3) is 0 Å². The summed E-state index contributed by atoms with van der Waals surface area (Å²) in [5, 5.41) is 0. The van der Waals surface area contributed by atoms with Crippen LogP contribution in [0.5, 0.6) is 0 Å². The number of amides is 2. The van der Waals surface area contributed by atoms with Crippen LogP contribution in [0.4, 0.5) is 11.4 Å². The molecule has 0 radical (unpaired) electrons. The summed E-state index contributed by atoms with van der Waals surface area (Å²) in [6, 6.07) is 5.26. The molecule has 1 aromatic rings. The molecule has 84 valence electrons. The van der Waals surface area contributed by atoms with Crippen molar-refractivity contribution in [3.63, 3.8) is 0 Å². The van der Waals surface area contributed by atoms with Gasteiger partial charge in [0, 0.05) is 18.0 Å². The predicted octanol–water partition coefficient (Wildman–Crippen LogP) is 1.48. The molecule has 1 fully saturated rings. The topological polar surface area (TPSA) is 63.4 Å². The second-order valence-corrected chi connectivity index (χ2v) is 4.16. The molecule has 2 amide bonds. The number of nitrogens with zero attached hydrogens (tertiary/aromatic N) is 1. The molecule has 1 saturated heterocycles. The van der Waals surface area contributed by atoms with Crippen molar-refractivity contribution < 1.29 is 9.59 Å². The Morgan fingerprint density at radius 3 is 2.62 bits per heavy atom. The van der Waals surface area contributed by atoms with Crippen molar-refractivity contribution in [3.8, 4) is 0 Å². The lowest BCUT2D eigenvalue weighted by molar-refractivity contribution is -0.122. The van der Waals surface area contributed by atoms with Gasteiger partial charge in [0.2, 0.25) is 11.8 Å². The lowest BCUT2D eigenvalue weighted by Gasteiger charge is -2.17. The minimum absolute atomic E-state index is 0.140. The third-order valence-electron chi connectivity index (χ3n) is 2.96. The van der Waals surface area contributed by atoms with Crippen molar-refractivity contribution in [2.75, 3.05) is 10.6 Å². The quantitative estimate of drug-likeness (QED) is 0.573. The lowest BCUT2D eigenvalue weighted by atomic mass is 10.1. The second kappa shape index (κ2) is 3.63. The van der Waals surface area contributed by atoms with Gasteiger partial charge in [0.1, 0.15) is 0 Å². The average molecular weight is 218 g/mol. The van der Waals surface area contributed by atoms with Crippen LogP contribution in [0.2, 0.25) is 0 Å². The van der Waals surface area contributed by atoms with Gasteiger partial charge in [-0.15, -0.1) is 0 Å². The standard InChI is InChI=1S/C12H14N2O2/c1-7-6-11(15)14(12(7)16)10-5-3-4-9(13)8(10)2/h3-5,7H,6,13H2,1-2H3. The van der Waals surface area contributed by atoms with E-state index in [4.69, 9.17) is 5.73 Å². The van der Waals surface area contributed by atoms with Crippen molar-refractivity contribution in [2.45, 2.75) is 20.3 Å². The van der Waals surface area contributed by atoms with Crippen LogP contribution in [0.15, 0.2) is 18.2 Å². The Labute approximate surface area is 94.0 Å². The minimum atomic E-state index is -0.228. The summed E-state index contributed by atoms with van der Waals surface area (Å²) in [4.78, 5) is 24.8. The molecule has 4 heteroatoms. The van der Waals surface area contributed by atoms with Gasteiger partial charge in [-0.3, -0.25) is 9.59 Å². The Hall–Kier alpha value is -1.84. The van der Waals surface area contributed by atoms with Crippen molar-refractivity contribution in [2.24, 2.45) is 5.92 Å². The summed E-state index contributed by atoms with van der Waals surface area (Å²) < 4.78 is 0. The second-order valence-electron chi connectivity index (χ2n) is 4.16. The summed E-state index contributed by atoms with van der Waals surface area (Å²) in [7, 11) is 0. The van der Waals surface area contributed by atoms with E-state index in [1.54, 1.807) is 25.1 Å². The van der Waals surface area contributed by atoms with Gasteiger partial charge in [-0.05, 0) is 24.6 Å². The van der Waals surface area contributed by atoms with E-state index in [-0.39, 0.29) is 24.2 Å². The number of carbonyl (C=O) groups excluding carboxylic acids is 2. The van der Waals surface area contributed by atoms with E-state index in [0.29, 0.717) is 11.4 Å². The molecule has 0 bridgehead atoms. The summed E-state index contributed by atoms with van der Waals surface area (Å²) in [6.07, 6.45) is 0.285. The number of imide groups is 1. The number of hydrogen-bond donors (Lipinski definition) is 1. The fraction of sp³-hybridized carbons (Fsp3) is 0.333. The van der Waals surface area contributed by atoms with Crippen LogP contribution in [0.3, 0.4) is 0 Å². The van der Waals surface area contributed by atoms with Crippen LogP contribution in [0, 0.1) is 12.8 Å². The van der Waals surface area contributed by atoms with Crippen LogP contribution >= 0.6 is 0 Å². The van der Waals surface area contributed by atoms with E-state index in [0.717, 1.165) is 5.56 Å². The van der Waals surface area contributed by atoms with Gasteiger partial charge in [0.05, 0.1) is 5.69 Å². The Morgan fingerprint density at radius 2 is 2.06 bits per heavy atom. The number of nitrogens with two attached hydrogens (primary N) is 1. The van der Waals surface area contributed by atoms with E-state index in [9.17, 15) is 9.59 Å². The number of benzene rings is 1. The van der Waals surface area contributed by atoms with Gasteiger partial charge in [-0.25, -0.2) is 4.90 Å². The van der Waals surface area contributed by atoms with Gasteiger partial charge in [0.15, 0.2) is 0 Å². The monoisotopic (exact) mass is 218 g/mol. The summed E-state index contributed by atoms with van der Waals surface area (Å²) in [5.41, 5.74) is 7.75. The first kappa shape index (κ1) is 10.7. The Balaban J connectivity index is 2.49. The zero-order chi connectivity index (χ0) is 11.9. The van der Waals surface area contributed by atoms with Gasteiger partial charge in [-0.1, -0.05) is 13.0 Å². The molecule has 0 aromatic heterocycles. The van der Waals surface area contributed by atoms with Crippen molar-refractivity contribution in [3.05, 3.63) is 23.8 Å². The molecule has 1 heterocycles. The maximum Gasteiger partial charge on any atom is 0.237 e. The SMILES string of the molecule is Cc1c(N)cccc1N1C(=O)CC(C)C1=O. The molecule has 2 rings (SSSR count). The molecule has 1 unspecified atom stereocenters. The number of hydrogen-bond acceptors (Lipinski definition) is 3. The average Bonchev–Trinajstić information content (AvgIpc) is 2.47. The van der Waals surface area contributed by atoms with E-state index >= 15 is 0 Å². The Morgan fingerprint density at radius 1 is 1.38 bits per heavy atom. The largest absolute Gasteiger partial charge is 0.398 e. The minimum Gasteiger partial charge on any atom is -0.398 e. The summed E-state index contributed by atoms with van der Waals surface area (Å²) in [5.74, 6) is -0.516. The van der Waals surface area contributed by atoms with Crippen molar-refractivity contribution in [1.29, 1.82) is 0 Å². The Bertz CT molecular complexity index is 468. The molecule has 2 N–H and O–H groups in total. The first-order valence-electron chi connectivity index (χ1n) is 5.24. The van der Waals surface area contributed by atoms with Crippen molar-refractivity contribution >= 4 is 23.2 Å². The first-order valence-corrected chi connectivity index (χ1v) is 5.24. The van der Waals surface area contributed by atoms with E-state index in [1.165, 1.54) is 4.90 Å². The predicted molar refractivity (Wildman–Crippen MR) is 61.9 cm³/mol. The van der Waals surface area contributed by atoms with E-state index in [2.05, 4.69) is 0 Å². The summed E-state index contributed by atoms with van der Waals surface area (Å²) >= 11 is 0. The van der Waals surface area contributed by atoms with E-state index in [1.807, 2.05) is 6.92 Å². The zero-order valence-corrected chi connectivity index (χ0v) is 9.36. The van der Waals surface area contributed by atoms with Crippen molar-refractivity contribution in [1.82, 2.24) is 0 Å². The third-order valence-corrected chi connectivity index (χ3v) is 2.96. The smallest absolute Gasteiger partial charge is 0.237 e.